The minimum absolute atomic E-state index is 1.19. The molecule has 1 rings (SSSR count). The van der Waals surface area contributed by atoms with Crippen LogP contribution in [0.5, 0.6) is 0 Å². The summed E-state index contributed by atoms with van der Waals surface area (Å²) in [6, 6.07) is 0. The van der Waals surface area contributed by atoms with Gasteiger partial charge in [0.05, 0.1) is 0 Å². The van der Waals surface area contributed by atoms with E-state index in [0.717, 1.165) is 0 Å². The maximum atomic E-state index is 3.73. The lowest BCUT2D eigenvalue weighted by molar-refractivity contribution is 0.566. The summed E-state index contributed by atoms with van der Waals surface area (Å²) >= 11 is 0. The van der Waals surface area contributed by atoms with Crippen LogP contribution in [0.2, 0.25) is 0 Å². The third kappa shape index (κ3) is 23.2. The highest BCUT2D eigenvalue weighted by Crippen LogP contribution is 2.13. The van der Waals surface area contributed by atoms with E-state index in [0.29, 0.717) is 0 Å². The van der Waals surface area contributed by atoms with E-state index in [1.807, 2.05) is 12.2 Å². The van der Waals surface area contributed by atoms with Gasteiger partial charge in [-0.25, -0.2) is 0 Å². The predicted octanol–water partition coefficient (Wildman–Crippen LogP) is 9.72. The molecule has 0 aliphatic heterocycles. The first-order chi connectivity index (χ1) is 12.9. The van der Waals surface area contributed by atoms with E-state index in [-0.39, 0.29) is 0 Å². The van der Waals surface area contributed by atoms with E-state index in [1.165, 1.54) is 128 Å². The van der Waals surface area contributed by atoms with Gasteiger partial charge in [0.25, 0.3) is 0 Å². The first kappa shape index (κ1) is 25.2. The van der Waals surface area contributed by atoms with Gasteiger partial charge in [0.1, 0.15) is 0 Å². The monoisotopic (exact) mass is 360 g/mol. The van der Waals surface area contributed by atoms with Crippen LogP contribution < -0.4 is 0 Å². The molecule has 152 valence electrons. The van der Waals surface area contributed by atoms with Crippen molar-refractivity contribution in [1.29, 1.82) is 0 Å². The van der Waals surface area contributed by atoms with Crippen molar-refractivity contribution in [2.45, 2.75) is 128 Å². The molecule has 26 heavy (non-hydrogen) atoms. The minimum Gasteiger partial charge on any atom is -0.103 e. The van der Waals surface area contributed by atoms with Crippen molar-refractivity contribution in [1.82, 2.24) is 0 Å². The highest BCUT2D eigenvalue weighted by molar-refractivity contribution is 4.81. The number of hydrogen-bond acceptors (Lipinski definition) is 0. The lowest BCUT2D eigenvalue weighted by Gasteiger charge is -2.02. The molecule has 0 saturated carbocycles. The Morgan fingerprint density at radius 1 is 0.462 bits per heavy atom. The predicted molar refractivity (Wildman–Crippen MR) is 122 cm³/mol. The van der Waals surface area contributed by atoms with Gasteiger partial charge in [-0.2, -0.15) is 0 Å². The zero-order chi connectivity index (χ0) is 19.0. The van der Waals surface area contributed by atoms with Crippen molar-refractivity contribution in [3.8, 4) is 0 Å². The summed E-state index contributed by atoms with van der Waals surface area (Å²) in [5.74, 6) is 0. The zero-order valence-corrected chi connectivity index (χ0v) is 17.9. The van der Waals surface area contributed by atoms with Crippen LogP contribution in [0.15, 0.2) is 37.5 Å². The van der Waals surface area contributed by atoms with Crippen molar-refractivity contribution >= 4 is 0 Å². The van der Waals surface area contributed by atoms with Crippen LogP contribution in [0, 0.1) is 0 Å². The normalized spacial score (nSPS) is 15.8. The van der Waals surface area contributed by atoms with Crippen LogP contribution in [0.4, 0.5) is 0 Å². The maximum Gasteiger partial charge on any atom is -0.0351 e. The molecule has 0 radical (unpaired) electrons. The number of unbranched alkanes of at least 4 members (excludes halogenated alkanes) is 9. The topological polar surface area (TPSA) is 0 Å². The Labute approximate surface area is 166 Å². The Bertz CT molecular complexity index is 269. The van der Waals surface area contributed by atoms with E-state index in [1.54, 1.807) is 0 Å². The average molecular weight is 361 g/mol. The molecule has 1 aliphatic rings. The number of hydrogen-bond donors (Lipinski definition) is 0. The van der Waals surface area contributed by atoms with E-state index >= 15 is 0 Å². The zero-order valence-electron chi connectivity index (χ0n) is 17.9. The molecular weight excluding hydrogens is 312 g/mol. The summed E-state index contributed by atoms with van der Waals surface area (Å²) in [6.07, 6.45) is 36.5. The molecule has 0 aromatic rings. The molecule has 1 aliphatic carbocycles. The van der Waals surface area contributed by atoms with Crippen LogP contribution in [-0.2, 0) is 0 Å². The Kier molecular flexibility index (Phi) is 23.5. The van der Waals surface area contributed by atoms with Crippen molar-refractivity contribution < 1.29 is 0 Å². The van der Waals surface area contributed by atoms with Crippen LogP contribution in [-0.4, -0.2) is 0 Å². The van der Waals surface area contributed by atoms with Crippen LogP contribution in [0.3, 0.4) is 0 Å². The van der Waals surface area contributed by atoms with Gasteiger partial charge >= 0.3 is 0 Å². The molecule has 0 bridgehead atoms. The first-order valence-corrected chi connectivity index (χ1v) is 11.8. The fraction of sp³-hybridized carbons (Fsp3) is 0.769. The lowest BCUT2D eigenvalue weighted by Crippen LogP contribution is -1.82. The highest BCUT2D eigenvalue weighted by atomic mass is 14.0. The van der Waals surface area contributed by atoms with Gasteiger partial charge in [0.2, 0.25) is 0 Å². The molecule has 0 unspecified atom stereocenters. The summed E-state index contributed by atoms with van der Waals surface area (Å²) in [4.78, 5) is 0. The number of rotatable bonds is 11. The number of allylic oxidation sites excluding steroid dienone is 4. The van der Waals surface area contributed by atoms with E-state index < -0.39 is 0 Å². The average Bonchev–Trinajstić information content (AvgIpc) is 2.64. The second-order valence-corrected chi connectivity index (χ2v) is 7.86. The lowest BCUT2D eigenvalue weighted by atomic mass is 10.0. The van der Waals surface area contributed by atoms with Crippen molar-refractivity contribution in [2.75, 3.05) is 0 Å². The maximum absolute atomic E-state index is 3.73. The van der Waals surface area contributed by atoms with Gasteiger partial charge in [0, 0.05) is 0 Å². The summed E-state index contributed by atoms with van der Waals surface area (Å²) in [5, 5.41) is 0. The fourth-order valence-corrected chi connectivity index (χ4v) is 3.46. The Morgan fingerprint density at radius 3 is 1.12 bits per heavy atom. The molecule has 0 N–H and O–H groups in total. The second kappa shape index (κ2) is 24.2. The van der Waals surface area contributed by atoms with Gasteiger partial charge in [-0.15, -0.1) is 13.2 Å². The smallest absolute Gasteiger partial charge is 0.0351 e. The molecule has 0 heteroatoms. The molecule has 0 fully saturated rings. The molecule has 0 atom stereocenters. The molecule has 0 heterocycles. The van der Waals surface area contributed by atoms with Crippen LogP contribution >= 0.6 is 0 Å². The second-order valence-electron chi connectivity index (χ2n) is 7.86. The molecule has 0 aromatic carbocycles. The van der Waals surface area contributed by atoms with E-state index in [2.05, 4.69) is 25.3 Å². The van der Waals surface area contributed by atoms with Gasteiger partial charge in [-0.05, 0) is 51.4 Å². The minimum atomic E-state index is 1.19. The summed E-state index contributed by atoms with van der Waals surface area (Å²) in [5.41, 5.74) is 0. The van der Waals surface area contributed by atoms with E-state index in [9.17, 15) is 0 Å². The molecule has 0 aromatic heterocycles. The standard InChI is InChI=1S/C14H26.C12H22/c1-3-5-7-9-11-13-14-12-10-8-6-4-2;1-2-4-6-8-10-12-11-9-7-5-3-1/h3-4H,1-2,5-14H2;1-2H,3-12H2. The van der Waals surface area contributed by atoms with Gasteiger partial charge in [-0.3, -0.25) is 0 Å². The fourth-order valence-electron chi connectivity index (χ4n) is 3.46. The SMILES string of the molecule is C1=CCCCCCCCCCC1.C=CCCCCCCCCCCC=C. The third-order valence-electron chi connectivity index (χ3n) is 5.22. The van der Waals surface area contributed by atoms with Crippen LogP contribution in [0.25, 0.3) is 0 Å². The Morgan fingerprint density at radius 2 is 0.769 bits per heavy atom. The first-order valence-electron chi connectivity index (χ1n) is 11.8. The van der Waals surface area contributed by atoms with Gasteiger partial charge in [-0.1, -0.05) is 101 Å². The molecule has 0 saturated heterocycles. The van der Waals surface area contributed by atoms with Crippen molar-refractivity contribution in [3.63, 3.8) is 0 Å². The van der Waals surface area contributed by atoms with Gasteiger partial charge in [0.15, 0.2) is 0 Å². The highest BCUT2D eigenvalue weighted by Gasteiger charge is 1.93. The summed E-state index contributed by atoms with van der Waals surface area (Å²) in [6.45, 7) is 7.46. The molecule has 0 spiro atoms. The van der Waals surface area contributed by atoms with Crippen molar-refractivity contribution in [3.05, 3.63) is 37.5 Å². The molecule has 0 amide bonds. The summed E-state index contributed by atoms with van der Waals surface area (Å²) < 4.78 is 0. The molecular formula is C26H48. The summed E-state index contributed by atoms with van der Waals surface area (Å²) in [7, 11) is 0. The largest absolute Gasteiger partial charge is 0.103 e. The van der Waals surface area contributed by atoms with Crippen molar-refractivity contribution in [2.24, 2.45) is 0 Å². The Hall–Kier alpha value is -0.780. The third-order valence-corrected chi connectivity index (χ3v) is 5.22. The van der Waals surface area contributed by atoms with Gasteiger partial charge < -0.3 is 0 Å². The van der Waals surface area contributed by atoms with Crippen LogP contribution in [0.1, 0.15) is 128 Å². The molecule has 0 nitrogen and oxygen atoms in total. The van der Waals surface area contributed by atoms with E-state index in [4.69, 9.17) is 0 Å². The Balaban J connectivity index is 0.000000485. The quantitative estimate of drug-likeness (QED) is 0.254.